The molecule has 2 N–H and O–H groups in total. The highest BCUT2D eigenvalue weighted by molar-refractivity contribution is 9.10. The van der Waals surface area contributed by atoms with E-state index in [0.717, 1.165) is 0 Å². The fourth-order valence-corrected chi connectivity index (χ4v) is 3.80. The first-order valence-electron chi connectivity index (χ1n) is 8.95. The average molecular weight is 461 g/mol. The Morgan fingerprint density at radius 1 is 1.14 bits per heavy atom. The molecular formula is C21H21BrN2O5. The summed E-state index contributed by atoms with van der Waals surface area (Å²) in [4.78, 5) is 25.3. The van der Waals surface area contributed by atoms with Crippen molar-refractivity contribution < 1.29 is 23.8 Å². The van der Waals surface area contributed by atoms with E-state index in [2.05, 4.69) is 26.6 Å². The molecule has 0 saturated carbocycles. The second-order valence-electron chi connectivity index (χ2n) is 6.14. The van der Waals surface area contributed by atoms with Crippen molar-refractivity contribution in [2.24, 2.45) is 0 Å². The molecule has 0 fully saturated rings. The van der Waals surface area contributed by atoms with Crippen LogP contribution in [-0.4, -0.2) is 32.8 Å². The standard InChI is InChI=1S/C21H21BrN2O5/c1-4-29-20(25)16-17(12-8-6-5-7-9-12)23-21(26)24-18(16)13-10-14(22)19(28-3)15(11-13)27-2/h5-11,18H,4H2,1-3H3,(H2,23,24,26). The molecule has 7 nitrogen and oxygen atoms in total. The molecule has 2 aromatic rings. The third-order valence-corrected chi connectivity index (χ3v) is 5.01. The molecule has 2 amide bonds. The number of ether oxygens (including phenoxy) is 3. The van der Waals surface area contributed by atoms with Crippen molar-refractivity contribution in [2.75, 3.05) is 20.8 Å². The van der Waals surface area contributed by atoms with Crippen LogP contribution in [0.25, 0.3) is 5.70 Å². The van der Waals surface area contributed by atoms with Crippen molar-refractivity contribution in [1.82, 2.24) is 10.6 Å². The summed E-state index contributed by atoms with van der Waals surface area (Å²) < 4.78 is 16.7. The van der Waals surface area contributed by atoms with Crippen molar-refractivity contribution in [3.8, 4) is 11.5 Å². The predicted molar refractivity (Wildman–Crippen MR) is 112 cm³/mol. The number of hydrogen-bond acceptors (Lipinski definition) is 5. The zero-order valence-electron chi connectivity index (χ0n) is 16.2. The first kappa shape index (κ1) is 20.7. The number of urea groups is 1. The van der Waals surface area contributed by atoms with E-state index >= 15 is 0 Å². The Morgan fingerprint density at radius 3 is 2.48 bits per heavy atom. The number of esters is 1. The van der Waals surface area contributed by atoms with Crippen LogP contribution in [0.4, 0.5) is 4.79 Å². The van der Waals surface area contributed by atoms with Crippen LogP contribution in [-0.2, 0) is 9.53 Å². The number of halogens is 1. The van der Waals surface area contributed by atoms with Gasteiger partial charge in [0.05, 0.1) is 42.6 Å². The summed E-state index contributed by atoms with van der Waals surface area (Å²) in [5, 5.41) is 5.56. The number of hydrogen-bond donors (Lipinski definition) is 2. The van der Waals surface area contributed by atoms with E-state index in [4.69, 9.17) is 14.2 Å². The lowest BCUT2D eigenvalue weighted by atomic mass is 9.92. The van der Waals surface area contributed by atoms with Gasteiger partial charge < -0.3 is 24.8 Å². The van der Waals surface area contributed by atoms with E-state index in [-0.39, 0.29) is 6.61 Å². The summed E-state index contributed by atoms with van der Waals surface area (Å²) in [5.41, 5.74) is 2.05. The summed E-state index contributed by atoms with van der Waals surface area (Å²) in [6.07, 6.45) is 0. The Hall–Kier alpha value is -3.00. The van der Waals surface area contributed by atoms with Crippen LogP contribution in [0, 0.1) is 0 Å². The highest BCUT2D eigenvalue weighted by Gasteiger charge is 2.35. The number of nitrogens with one attached hydrogen (secondary N) is 2. The molecule has 29 heavy (non-hydrogen) atoms. The number of carbonyl (C=O) groups excluding carboxylic acids is 2. The SMILES string of the molecule is CCOC(=O)C1=C(c2ccccc2)NC(=O)NC1c1cc(Br)c(OC)c(OC)c1. The van der Waals surface area contributed by atoms with E-state index in [1.165, 1.54) is 14.2 Å². The monoisotopic (exact) mass is 460 g/mol. The van der Waals surface area contributed by atoms with Gasteiger partial charge in [-0.15, -0.1) is 0 Å². The number of benzene rings is 2. The second-order valence-corrected chi connectivity index (χ2v) is 7.00. The fraction of sp³-hybridized carbons (Fsp3) is 0.238. The van der Waals surface area contributed by atoms with Gasteiger partial charge in [-0.25, -0.2) is 9.59 Å². The molecule has 0 aliphatic carbocycles. The van der Waals surface area contributed by atoms with Crippen molar-refractivity contribution >= 4 is 33.6 Å². The summed E-state index contributed by atoms with van der Waals surface area (Å²) in [6.45, 7) is 1.94. The lowest BCUT2D eigenvalue weighted by Crippen LogP contribution is -2.45. The van der Waals surface area contributed by atoms with Gasteiger partial charge in [0.25, 0.3) is 0 Å². The first-order valence-corrected chi connectivity index (χ1v) is 9.75. The highest BCUT2D eigenvalue weighted by atomic mass is 79.9. The van der Waals surface area contributed by atoms with E-state index in [1.807, 2.05) is 30.3 Å². The van der Waals surface area contributed by atoms with Gasteiger partial charge in [0, 0.05) is 0 Å². The molecule has 1 unspecified atom stereocenters. The van der Waals surface area contributed by atoms with Gasteiger partial charge in [-0.2, -0.15) is 0 Å². The number of amides is 2. The molecule has 1 aliphatic heterocycles. The maximum atomic E-state index is 12.9. The molecule has 0 saturated heterocycles. The predicted octanol–water partition coefficient (Wildman–Crippen LogP) is 3.79. The Balaban J connectivity index is 2.22. The Kier molecular flexibility index (Phi) is 6.43. The van der Waals surface area contributed by atoms with Crippen molar-refractivity contribution in [2.45, 2.75) is 13.0 Å². The molecule has 1 aliphatic rings. The van der Waals surface area contributed by atoms with Gasteiger partial charge in [-0.1, -0.05) is 30.3 Å². The van der Waals surface area contributed by atoms with Gasteiger partial charge in [0.1, 0.15) is 0 Å². The number of carbonyl (C=O) groups is 2. The van der Waals surface area contributed by atoms with Crippen LogP contribution < -0.4 is 20.1 Å². The lowest BCUT2D eigenvalue weighted by Gasteiger charge is -2.30. The third-order valence-electron chi connectivity index (χ3n) is 4.42. The van der Waals surface area contributed by atoms with Gasteiger partial charge in [0.15, 0.2) is 11.5 Å². The van der Waals surface area contributed by atoms with Gasteiger partial charge in [-0.3, -0.25) is 0 Å². The minimum absolute atomic E-state index is 0.209. The van der Waals surface area contributed by atoms with Crippen molar-refractivity contribution in [3.05, 3.63) is 63.6 Å². The van der Waals surface area contributed by atoms with Crippen molar-refractivity contribution in [1.29, 1.82) is 0 Å². The molecule has 152 valence electrons. The summed E-state index contributed by atoms with van der Waals surface area (Å²) in [7, 11) is 3.05. The van der Waals surface area contributed by atoms with E-state index in [9.17, 15) is 9.59 Å². The van der Waals surface area contributed by atoms with Crippen LogP contribution in [0.1, 0.15) is 24.1 Å². The van der Waals surface area contributed by atoms with Crippen LogP contribution in [0.5, 0.6) is 11.5 Å². The molecule has 0 radical (unpaired) electrons. The Bertz CT molecular complexity index is 959. The Labute approximate surface area is 177 Å². The average Bonchev–Trinajstić information content (AvgIpc) is 2.73. The number of methoxy groups -OCH3 is 2. The summed E-state index contributed by atoms with van der Waals surface area (Å²) in [5.74, 6) is 0.463. The van der Waals surface area contributed by atoms with E-state index in [1.54, 1.807) is 19.1 Å². The number of rotatable bonds is 6. The molecule has 0 spiro atoms. The third kappa shape index (κ3) is 4.22. The summed E-state index contributed by atoms with van der Waals surface area (Å²) >= 11 is 3.46. The minimum atomic E-state index is -0.742. The molecule has 1 heterocycles. The van der Waals surface area contributed by atoms with Crippen molar-refractivity contribution in [3.63, 3.8) is 0 Å². The lowest BCUT2D eigenvalue weighted by molar-refractivity contribution is -0.138. The van der Waals surface area contributed by atoms with Crippen LogP contribution in [0.3, 0.4) is 0 Å². The molecule has 8 heteroatoms. The zero-order chi connectivity index (χ0) is 21.0. The van der Waals surface area contributed by atoms with Gasteiger partial charge in [-0.05, 0) is 46.1 Å². The van der Waals surface area contributed by atoms with Crippen LogP contribution in [0.2, 0.25) is 0 Å². The largest absolute Gasteiger partial charge is 0.493 e. The smallest absolute Gasteiger partial charge is 0.338 e. The summed E-state index contributed by atoms with van der Waals surface area (Å²) in [6, 6.07) is 11.5. The topological polar surface area (TPSA) is 85.9 Å². The molecule has 3 rings (SSSR count). The maximum Gasteiger partial charge on any atom is 0.338 e. The minimum Gasteiger partial charge on any atom is -0.493 e. The first-order chi connectivity index (χ1) is 14.0. The quantitative estimate of drug-likeness (QED) is 0.640. The van der Waals surface area contributed by atoms with Gasteiger partial charge >= 0.3 is 12.0 Å². The molecule has 0 bridgehead atoms. The molecule has 2 aromatic carbocycles. The highest BCUT2D eigenvalue weighted by Crippen LogP contribution is 2.40. The van der Waals surface area contributed by atoms with Crippen LogP contribution in [0.15, 0.2) is 52.5 Å². The Morgan fingerprint density at radius 2 is 1.86 bits per heavy atom. The fourth-order valence-electron chi connectivity index (χ4n) is 3.18. The van der Waals surface area contributed by atoms with E-state index in [0.29, 0.717) is 38.4 Å². The second kappa shape index (κ2) is 9.00. The normalized spacial score (nSPS) is 16.0. The van der Waals surface area contributed by atoms with Crippen LogP contribution >= 0.6 is 15.9 Å². The van der Waals surface area contributed by atoms with E-state index < -0.39 is 18.0 Å². The van der Waals surface area contributed by atoms with Gasteiger partial charge in [0.2, 0.25) is 0 Å². The maximum absolute atomic E-state index is 12.9. The molecule has 0 aromatic heterocycles. The molecule has 1 atom stereocenters. The zero-order valence-corrected chi connectivity index (χ0v) is 17.8. The molecular weight excluding hydrogens is 440 g/mol.